The average molecular weight is 393 g/mol. The van der Waals surface area contributed by atoms with E-state index in [4.69, 9.17) is 4.42 Å². The van der Waals surface area contributed by atoms with E-state index in [2.05, 4.69) is 15.3 Å². The maximum Gasteiger partial charge on any atom is 0.251 e. The molecule has 142 valence electrons. The lowest BCUT2D eigenvalue weighted by Crippen LogP contribution is -2.28. The lowest BCUT2D eigenvalue weighted by Gasteiger charge is -2.10. The second kappa shape index (κ2) is 8.33. The number of nitrogens with one attached hydrogen (secondary N) is 2. The zero-order valence-corrected chi connectivity index (χ0v) is 15.8. The second-order valence-corrected chi connectivity index (χ2v) is 7.25. The summed E-state index contributed by atoms with van der Waals surface area (Å²) in [5.74, 6) is 0.944. The Morgan fingerprint density at radius 1 is 1.14 bits per heavy atom. The molecule has 2 aromatic carbocycles. The van der Waals surface area contributed by atoms with E-state index in [0.29, 0.717) is 11.3 Å². The molecule has 0 aliphatic rings. The fourth-order valence-electron chi connectivity index (χ4n) is 2.77. The molecule has 0 saturated carbocycles. The number of furan rings is 1. The molecule has 2 heterocycles. The Morgan fingerprint density at radius 3 is 2.71 bits per heavy atom. The summed E-state index contributed by atoms with van der Waals surface area (Å²) in [5.41, 5.74) is 3.62. The molecule has 1 unspecified atom stereocenters. The van der Waals surface area contributed by atoms with Gasteiger partial charge in [0.05, 0.1) is 23.8 Å². The maximum atomic E-state index is 12.2. The highest BCUT2D eigenvalue weighted by molar-refractivity contribution is 7.98. The van der Waals surface area contributed by atoms with Crippen LogP contribution in [0.5, 0.6) is 0 Å². The van der Waals surface area contributed by atoms with Gasteiger partial charge < -0.3 is 19.8 Å². The standard InChI is InChI=1S/C21H19N3O3S/c25-18(19-6-3-11-27-19)12-22-20(26)15-9-7-14(8-10-15)13-28-21-23-16-4-1-2-5-17(16)24-21/h1-11,18,25H,12-13H2,(H,22,26)(H,23,24). The van der Waals surface area contributed by atoms with Crippen molar-refractivity contribution in [1.29, 1.82) is 0 Å². The normalized spacial score (nSPS) is 12.2. The number of imidazole rings is 1. The first-order valence-electron chi connectivity index (χ1n) is 8.85. The lowest BCUT2D eigenvalue weighted by atomic mass is 10.1. The molecular formula is C21H19N3O3S. The third-order valence-corrected chi connectivity index (χ3v) is 5.23. The molecule has 3 N–H and O–H groups in total. The van der Waals surface area contributed by atoms with Crippen molar-refractivity contribution in [3.8, 4) is 0 Å². The molecule has 28 heavy (non-hydrogen) atoms. The number of hydrogen-bond donors (Lipinski definition) is 3. The first-order chi connectivity index (χ1) is 13.7. The Morgan fingerprint density at radius 2 is 1.96 bits per heavy atom. The third kappa shape index (κ3) is 4.27. The summed E-state index contributed by atoms with van der Waals surface area (Å²) in [7, 11) is 0. The number of carbonyl (C=O) groups excluding carboxylic acids is 1. The van der Waals surface area contributed by atoms with Crippen LogP contribution in [0.2, 0.25) is 0 Å². The zero-order chi connectivity index (χ0) is 19.3. The summed E-state index contributed by atoms with van der Waals surface area (Å²) >= 11 is 1.62. The minimum atomic E-state index is -0.863. The van der Waals surface area contributed by atoms with Gasteiger partial charge in [-0.05, 0) is 42.0 Å². The van der Waals surface area contributed by atoms with Crippen molar-refractivity contribution in [2.45, 2.75) is 17.0 Å². The number of fused-ring (bicyclic) bond motifs is 1. The fourth-order valence-corrected chi connectivity index (χ4v) is 3.62. The van der Waals surface area contributed by atoms with Crippen LogP contribution in [0.25, 0.3) is 11.0 Å². The summed E-state index contributed by atoms with van der Waals surface area (Å²) in [4.78, 5) is 20.1. The predicted molar refractivity (Wildman–Crippen MR) is 108 cm³/mol. The van der Waals surface area contributed by atoms with Gasteiger partial charge in [-0.1, -0.05) is 36.0 Å². The zero-order valence-electron chi connectivity index (χ0n) is 15.0. The molecule has 0 saturated heterocycles. The van der Waals surface area contributed by atoms with Crippen molar-refractivity contribution in [1.82, 2.24) is 15.3 Å². The van der Waals surface area contributed by atoms with E-state index in [0.717, 1.165) is 27.5 Å². The summed E-state index contributed by atoms with van der Waals surface area (Å²) in [6.07, 6.45) is 0.626. The number of para-hydroxylation sites is 2. The molecule has 0 aliphatic heterocycles. The number of amides is 1. The number of carbonyl (C=O) groups is 1. The Labute approximate surface area is 166 Å². The predicted octanol–water partition coefficient (Wildman–Crippen LogP) is 3.91. The number of aliphatic hydroxyl groups is 1. The highest BCUT2D eigenvalue weighted by Crippen LogP contribution is 2.23. The molecule has 0 spiro atoms. The van der Waals surface area contributed by atoms with Crippen molar-refractivity contribution in [3.05, 3.63) is 83.8 Å². The third-order valence-electron chi connectivity index (χ3n) is 4.29. The van der Waals surface area contributed by atoms with Crippen LogP contribution in [-0.4, -0.2) is 27.5 Å². The SMILES string of the molecule is O=C(NCC(O)c1ccco1)c1ccc(CSc2nc3ccccc3[nH]2)cc1. The summed E-state index contributed by atoms with van der Waals surface area (Å²) < 4.78 is 5.12. The van der Waals surface area contributed by atoms with Crippen molar-refractivity contribution in [2.75, 3.05) is 6.54 Å². The summed E-state index contributed by atoms with van der Waals surface area (Å²) in [6, 6.07) is 18.7. The molecule has 0 fully saturated rings. The fraction of sp³-hybridized carbons (Fsp3) is 0.143. The van der Waals surface area contributed by atoms with Crippen molar-refractivity contribution in [2.24, 2.45) is 0 Å². The molecule has 0 bridgehead atoms. The Hall–Kier alpha value is -3.03. The molecule has 1 atom stereocenters. The minimum absolute atomic E-state index is 0.0933. The number of benzene rings is 2. The minimum Gasteiger partial charge on any atom is -0.467 e. The van der Waals surface area contributed by atoms with Crippen LogP contribution in [0.15, 0.2) is 76.5 Å². The molecule has 0 aliphatic carbocycles. The Balaban J connectivity index is 1.31. The van der Waals surface area contributed by atoms with E-state index < -0.39 is 6.10 Å². The monoisotopic (exact) mass is 393 g/mol. The number of rotatable bonds is 7. The smallest absolute Gasteiger partial charge is 0.251 e. The van der Waals surface area contributed by atoms with Gasteiger partial charge >= 0.3 is 0 Å². The van der Waals surface area contributed by atoms with Crippen LogP contribution < -0.4 is 5.32 Å². The van der Waals surface area contributed by atoms with Crippen LogP contribution in [0.3, 0.4) is 0 Å². The highest BCUT2D eigenvalue weighted by atomic mass is 32.2. The number of aromatic amines is 1. The average Bonchev–Trinajstić information content (AvgIpc) is 3.40. The topological polar surface area (TPSA) is 91.2 Å². The first-order valence-corrected chi connectivity index (χ1v) is 9.84. The number of hydrogen-bond acceptors (Lipinski definition) is 5. The highest BCUT2D eigenvalue weighted by Gasteiger charge is 2.13. The molecule has 2 aromatic heterocycles. The number of aliphatic hydroxyl groups excluding tert-OH is 1. The molecule has 1 amide bonds. The van der Waals surface area contributed by atoms with Crippen LogP contribution in [0.1, 0.15) is 27.8 Å². The van der Waals surface area contributed by atoms with Crippen LogP contribution in [0, 0.1) is 0 Å². The Bertz CT molecular complexity index is 1030. The number of nitrogens with zero attached hydrogens (tertiary/aromatic N) is 1. The van der Waals surface area contributed by atoms with Gasteiger partial charge in [-0.3, -0.25) is 4.79 Å². The number of aromatic nitrogens is 2. The van der Waals surface area contributed by atoms with Crippen molar-refractivity contribution >= 4 is 28.7 Å². The van der Waals surface area contributed by atoms with Gasteiger partial charge in [0.15, 0.2) is 5.16 Å². The van der Waals surface area contributed by atoms with Crippen LogP contribution in [0.4, 0.5) is 0 Å². The maximum absolute atomic E-state index is 12.2. The molecule has 0 radical (unpaired) electrons. The van der Waals surface area contributed by atoms with E-state index >= 15 is 0 Å². The van der Waals surface area contributed by atoms with E-state index in [-0.39, 0.29) is 12.5 Å². The quantitative estimate of drug-likeness (QED) is 0.414. The summed E-state index contributed by atoms with van der Waals surface area (Å²) in [6.45, 7) is 0.0933. The van der Waals surface area contributed by atoms with E-state index in [1.165, 1.54) is 6.26 Å². The van der Waals surface area contributed by atoms with E-state index in [1.807, 2.05) is 36.4 Å². The molecule has 4 aromatic rings. The van der Waals surface area contributed by atoms with Gasteiger partial charge in [-0.15, -0.1) is 0 Å². The van der Waals surface area contributed by atoms with Gasteiger partial charge in [0.25, 0.3) is 5.91 Å². The van der Waals surface area contributed by atoms with Gasteiger partial charge in [-0.2, -0.15) is 0 Å². The van der Waals surface area contributed by atoms with E-state index in [9.17, 15) is 9.90 Å². The molecule has 7 heteroatoms. The Kier molecular flexibility index (Phi) is 5.45. The first kappa shape index (κ1) is 18.3. The summed E-state index contributed by atoms with van der Waals surface area (Å²) in [5, 5.41) is 13.5. The van der Waals surface area contributed by atoms with Crippen molar-refractivity contribution in [3.63, 3.8) is 0 Å². The second-order valence-electron chi connectivity index (χ2n) is 6.29. The van der Waals surface area contributed by atoms with E-state index in [1.54, 1.807) is 36.0 Å². The number of thioether (sulfide) groups is 1. The van der Waals surface area contributed by atoms with Crippen molar-refractivity contribution < 1.29 is 14.3 Å². The largest absolute Gasteiger partial charge is 0.467 e. The molecule has 6 nitrogen and oxygen atoms in total. The van der Waals surface area contributed by atoms with Gasteiger partial charge in [0.1, 0.15) is 11.9 Å². The molecule has 4 rings (SSSR count). The molecular weight excluding hydrogens is 374 g/mol. The van der Waals surface area contributed by atoms with Gasteiger partial charge in [0.2, 0.25) is 0 Å². The lowest BCUT2D eigenvalue weighted by molar-refractivity contribution is 0.0901. The van der Waals surface area contributed by atoms with Crippen LogP contribution in [-0.2, 0) is 5.75 Å². The van der Waals surface area contributed by atoms with Gasteiger partial charge in [0, 0.05) is 11.3 Å². The van der Waals surface area contributed by atoms with Gasteiger partial charge in [-0.25, -0.2) is 4.98 Å². The number of H-pyrrole nitrogens is 1. The van der Waals surface area contributed by atoms with Crippen LogP contribution >= 0.6 is 11.8 Å².